The van der Waals surface area contributed by atoms with E-state index in [2.05, 4.69) is 0 Å². The molecule has 1 aliphatic heterocycles. The monoisotopic (exact) mass is 461 g/mol. The van der Waals surface area contributed by atoms with Crippen LogP contribution in [0.2, 0.25) is 0 Å². The molecule has 0 radical (unpaired) electrons. The van der Waals surface area contributed by atoms with Crippen LogP contribution in [0.25, 0.3) is 5.76 Å². The highest BCUT2D eigenvalue weighted by atomic mass is 16.5. The quantitative estimate of drug-likeness (QED) is 0.271. The van der Waals surface area contributed by atoms with Crippen molar-refractivity contribution < 1.29 is 28.6 Å². The van der Waals surface area contributed by atoms with Crippen molar-refractivity contribution >= 4 is 17.4 Å². The fourth-order valence-corrected chi connectivity index (χ4v) is 3.97. The summed E-state index contributed by atoms with van der Waals surface area (Å²) in [6.45, 7) is 5.16. The van der Waals surface area contributed by atoms with Gasteiger partial charge in [-0.1, -0.05) is 19.1 Å². The number of hydrogen-bond donors (Lipinski definition) is 1. The molecule has 2 aromatic carbocycles. The average Bonchev–Trinajstić information content (AvgIpc) is 3.46. The van der Waals surface area contributed by atoms with Crippen LogP contribution < -0.4 is 9.47 Å². The zero-order chi connectivity index (χ0) is 24.1. The molecule has 1 atom stereocenters. The average molecular weight is 462 g/mol. The Balaban J connectivity index is 1.71. The Morgan fingerprint density at radius 3 is 2.47 bits per heavy atom. The van der Waals surface area contributed by atoms with Crippen LogP contribution in [0.1, 0.15) is 43.2 Å². The first-order chi connectivity index (χ1) is 16.5. The van der Waals surface area contributed by atoms with Crippen LogP contribution in [0, 0.1) is 0 Å². The first-order valence-corrected chi connectivity index (χ1v) is 11.3. The molecule has 7 nitrogen and oxygen atoms in total. The van der Waals surface area contributed by atoms with Gasteiger partial charge < -0.3 is 23.9 Å². The molecule has 1 fully saturated rings. The predicted molar refractivity (Wildman–Crippen MR) is 126 cm³/mol. The van der Waals surface area contributed by atoms with Crippen LogP contribution in [-0.2, 0) is 16.1 Å². The lowest BCUT2D eigenvalue weighted by molar-refractivity contribution is -0.140. The molecule has 0 saturated carbocycles. The zero-order valence-corrected chi connectivity index (χ0v) is 19.2. The van der Waals surface area contributed by atoms with E-state index in [1.165, 1.54) is 11.2 Å². The summed E-state index contributed by atoms with van der Waals surface area (Å²) in [5.74, 6) is 0.0166. The summed E-state index contributed by atoms with van der Waals surface area (Å²) in [5, 5.41) is 11.1. The Hall–Kier alpha value is -4.00. The van der Waals surface area contributed by atoms with Crippen molar-refractivity contribution in [3.05, 3.63) is 89.4 Å². The fourth-order valence-electron chi connectivity index (χ4n) is 3.97. The number of ether oxygens (including phenoxy) is 2. The van der Waals surface area contributed by atoms with Gasteiger partial charge in [-0.15, -0.1) is 0 Å². The zero-order valence-electron chi connectivity index (χ0n) is 19.2. The lowest BCUT2D eigenvalue weighted by Gasteiger charge is -2.23. The van der Waals surface area contributed by atoms with Gasteiger partial charge in [-0.25, -0.2) is 0 Å². The van der Waals surface area contributed by atoms with Gasteiger partial charge in [0.1, 0.15) is 29.1 Å². The molecular weight excluding hydrogens is 434 g/mol. The highest BCUT2D eigenvalue weighted by Gasteiger charge is 2.47. The maximum atomic E-state index is 13.1. The van der Waals surface area contributed by atoms with E-state index in [0.717, 1.165) is 12.0 Å². The molecule has 1 N–H and O–H groups in total. The van der Waals surface area contributed by atoms with Crippen molar-refractivity contribution in [1.29, 1.82) is 0 Å². The molecule has 176 valence electrons. The minimum absolute atomic E-state index is 0.0110. The predicted octanol–water partition coefficient (Wildman–Crippen LogP) is 5.09. The summed E-state index contributed by atoms with van der Waals surface area (Å²) < 4.78 is 16.7. The van der Waals surface area contributed by atoms with Gasteiger partial charge >= 0.3 is 0 Å². The fraction of sp³-hybridized carbons (Fsp3) is 0.259. The molecule has 0 spiro atoms. The standard InChI is InChI=1S/C27H27NO6/c1-3-14-33-20-12-10-19(11-13-20)25(29)23-24(22-9-6-15-34-22)28(27(31)26(23)30)17-18-7-5-8-21(16-18)32-4-2/h5-13,15-16,24,29H,3-4,14,17H2,1-2H3/b25-23-. The Morgan fingerprint density at radius 1 is 1.00 bits per heavy atom. The van der Waals surface area contributed by atoms with Crippen LogP contribution in [0.15, 0.2) is 76.9 Å². The molecule has 0 aliphatic carbocycles. The number of Topliss-reactive ketones (excluding diaryl/α,β-unsaturated/α-hetero) is 1. The molecule has 1 unspecified atom stereocenters. The number of nitrogens with zero attached hydrogens (tertiary/aromatic N) is 1. The maximum Gasteiger partial charge on any atom is 0.296 e. The molecule has 2 heterocycles. The van der Waals surface area contributed by atoms with Gasteiger partial charge in [0.2, 0.25) is 0 Å². The van der Waals surface area contributed by atoms with Crippen LogP contribution in [0.5, 0.6) is 11.5 Å². The second kappa shape index (κ2) is 10.3. The smallest absolute Gasteiger partial charge is 0.296 e. The first kappa shape index (κ1) is 23.2. The number of benzene rings is 2. The minimum atomic E-state index is -0.859. The van der Waals surface area contributed by atoms with Crippen molar-refractivity contribution in [3.63, 3.8) is 0 Å². The summed E-state index contributed by atoms with van der Waals surface area (Å²) in [6, 6.07) is 16.6. The molecule has 34 heavy (non-hydrogen) atoms. The summed E-state index contributed by atoms with van der Waals surface area (Å²) in [4.78, 5) is 27.6. The third-order valence-corrected chi connectivity index (χ3v) is 5.52. The Kier molecular flexibility index (Phi) is 7.01. The molecule has 0 bridgehead atoms. The summed E-state index contributed by atoms with van der Waals surface area (Å²) in [6.07, 6.45) is 2.35. The van der Waals surface area contributed by atoms with E-state index >= 15 is 0 Å². The lowest BCUT2D eigenvalue weighted by Crippen LogP contribution is -2.29. The van der Waals surface area contributed by atoms with Gasteiger partial charge in [-0.05, 0) is 67.4 Å². The number of aliphatic hydroxyl groups is 1. The van der Waals surface area contributed by atoms with E-state index in [1.807, 2.05) is 38.1 Å². The number of furan rings is 1. The summed E-state index contributed by atoms with van der Waals surface area (Å²) >= 11 is 0. The number of aliphatic hydroxyl groups excluding tert-OH is 1. The molecule has 7 heteroatoms. The number of amides is 1. The first-order valence-electron chi connectivity index (χ1n) is 11.3. The van der Waals surface area contributed by atoms with E-state index in [-0.39, 0.29) is 17.9 Å². The number of carbonyl (C=O) groups is 2. The number of hydrogen-bond acceptors (Lipinski definition) is 6. The van der Waals surface area contributed by atoms with Crippen LogP contribution >= 0.6 is 0 Å². The van der Waals surface area contributed by atoms with Gasteiger partial charge in [0.25, 0.3) is 11.7 Å². The maximum absolute atomic E-state index is 13.1. The van der Waals surface area contributed by atoms with E-state index in [9.17, 15) is 14.7 Å². The highest BCUT2D eigenvalue weighted by Crippen LogP contribution is 2.40. The van der Waals surface area contributed by atoms with E-state index in [0.29, 0.717) is 36.0 Å². The topological polar surface area (TPSA) is 89.2 Å². The van der Waals surface area contributed by atoms with Crippen molar-refractivity contribution in [2.24, 2.45) is 0 Å². The van der Waals surface area contributed by atoms with Crippen LogP contribution in [-0.4, -0.2) is 34.9 Å². The van der Waals surface area contributed by atoms with Gasteiger partial charge in [-0.2, -0.15) is 0 Å². The Morgan fingerprint density at radius 2 is 1.79 bits per heavy atom. The van der Waals surface area contributed by atoms with E-state index < -0.39 is 17.7 Å². The normalized spacial score (nSPS) is 17.2. The van der Waals surface area contributed by atoms with Crippen molar-refractivity contribution in [2.45, 2.75) is 32.9 Å². The van der Waals surface area contributed by atoms with Gasteiger partial charge in [-0.3, -0.25) is 9.59 Å². The molecular formula is C27H27NO6. The molecule has 1 aromatic heterocycles. The van der Waals surface area contributed by atoms with Gasteiger partial charge in [0.05, 0.1) is 25.1 Å². The number of rotatable bonds is 9. The molecule has 1 aliphatic rings. The molecule has 3 aromatic rings. The van der Waals surface area contributed by atoms with E-state index in [4.69, 9.17) is 13.9 Å². The van der Waals surface area contributed by atoms with Crippen LogP contribution in [0.3, 0.4) is 0 Å². The molecule has 4 rings (SSSR count). The molecule has 1 amide bonds. The Labute approximate surface area is 198 Å². The van der Waals surface area contributed by atoms with Crippen LogP contribution in [0.4, 0.5) is 0 Å². The van der Waals surface area contributed by atoms with Crippen molar-refractivity contribution in [3.8, 4) is 11.5 Å². The lowest BCUT2D eigenvalue weighted by atomic mass is 9.99. The van der Waals surface area contributed by atoms with E-state index in [1.54, 1.807) is 36.4 Å². The van der Waals surface area contributed by atoms with Gasteiger partial charge in [0.15, 0.2) is 0 Å². The van der Waals surface area contributed by atoms with Crippen molar-refractivity contribution in [2.75, 3.05) is 13.2 Å². The third-order valence-electron chi connectivity index (χ3n) is 5.52. The van der Waals surface area contributed by atoms with Crippen molar-refractivity contribution in [1.82, 2.24) is 4.90 Å². The SMILES string of the molecule is CCCOc1ccc(/C(O)=C2/C(=O)C(=O)N(Cc3cccc(OCC)c3)C2c2ccco2)cc1. The third kappa shape index (κ3) is 4.69. The number of ketones is 1. The Bertz CT molecular complexity index is 1180. The summed E-state index contributed by atoms with van der Waals surface area (Å²) in [5.41, 5.74) is 1.20. The largest absolute Gasteiger partial charge is 0.507 e. The number of likely N-dealkylation sites (tertiary alicyclic amines) is 1. The highest BCUT2D eigenvalue weighted by molar-refractivity contribution is 6.46. The minimum Gasteiger partial charge on any atom is -0.507 e. The second-order valence-electron chi connectivity index (χ2n) is 7.90. The second-order valence-corrected chi connectivity index (χ2v) is 7.90. The summed E-state index contributed by atoms with van der Waals surface area (Å²) in [7, 11) is 0. The van der Waals surface area contributed by atoms with Gasteiger partial charge in [0, 0.05) is 12.1 Å². The number of carbonyl (C=O) groups excluding carboxylic acids is 2. The molecule has 1 saturated heterocycles.